The minimum atomic E-state index is -0.426. The fraction of sp³-hybridized carbons (Fsp3) is 0.480. The monoisotopic (exact) mass is 408 g/mol. The van der Waals surface area contributed by atoms with Crippen molar-refractivity contribution in [2.24, 2.45) is 0 Å². The Kier molecular flexibility index (Phi) is 6.46. The van der Waals surface area contributed by atoms with E-state index in [1.807, 2.05) is 36.1 Å². The molecule has 0 unspecified atom stereocenters. The van der Waals surface area contributed by atoms with E-state index >= 15 is 0 Å². The first-order valence-corrected chi connectivity index (χ1v) is 11.1. The molecule has 1 aliphatic carbocycles. The molecular weight excluding hydrogens is 376 g/mol. The quantitative estimate of drug-likeness (QED) is 0.722. The van der Waals surface area contributed by atoms with Crippen LogP contribution in [0.4, 0.5) is 5.69 Å². The highest BCUT2D eigenvalue weighted by atomic mass is 16.5. The van der Waals surface area contributed by atoms with Crippen LogP contribution >= 0.6 is 0 Å². The van der Waals surface area contributed by atoms with Gasteiger partial charge in [-0.1, -0.05) is 25.1 Å². The molecule has 2 aromatic rings. The summed E-state index contributed by atoms with van der Waals surface area (Å²) in [7, 11) is 1.70. The van der Waals surface area contributed by atoms with Crippen molar-refractivity contribution in [2.75, 3.05) is 38.2 Å². The van der Waals surface area contributed by atoms with Crippen LogP contribution in [0.25, 0.3) is 0 Å². The third-order valence-corrected chi connectivity index (χ3v) is 6.26. The summed E-state index contributed by atoms with van der Waals surface area (Å²) >= 11 is 0. The number of methoxy groups -OCH3 is 1. The number of benzene rings is 2. The SMILES string of the molecule is CC[C@@H](Oc1ccc2c(c1)CCCC2)C(=O)N1CCN(c2ccccc2OC)CC1. The predicted molar refractivity (Wildman–Crippen MR) is 120 cm³/mol. The molecule has 1 saturated heterocycles. The van der Waals surface area contributed by atoms with Crippen LogP contribution in [0.3, 0.4) is 0 Å². The Morgan fingerprint density at radius 2 is 1.73 bits per heavy atom. The average Bonchev–Trinajstić information content (AvgIpc) is 2.82. The van der Waals surface area contributed by atoms with Crippen molar-refractivity contribution in [1.29, 1.82) is 0 Å². The van der Waals surface area contributed by atoms with Crippen LogP contribution in [0, 0.1) is 0 Å². The number of aryl methyl sites for hydroxylation is 2. The Morgan fingerprint density at radius 1 is 1.00 bits per heavy atom. The lowest BCUT2D eigenvalue weighted by molar-refractivity contribution is -0.139. The molecule has 0 saturated carbocycles. The molecule has 0 aromatic heterocycles. The maximum Gasteiger partial charge on any atom is 0.263 e. The Bertz CT molecular complexity index is 874. The molecule has 0 radical (unpaired) electrons. The molecule has 0 N–H and O–H groups in total. The average molecular weight is 409 g/mol. The summed E-state index contributed by atoms with van der Waals surface area (Å²) in [5, 5.41) is 0. The van der Waals surface area contributed by atoms with Gasteiger partial charge in [0.1, 0.15) is 11.5 Å². The summed E-state index contributed by atoms with van der Waals surface area (Å²) in [6, 6.07) is 14.4. The van der Waals surface area contributed by atoms with Gasteiger partial charge in [0.25, 0.3) is 5.91 Å². The minimum Gasteiger partial charge on any atom is -0.495 e. The van der Waals surface area contributed by atoms with Crippen LogP contribution in [-0.2, 0) is 17.6 Å². The number of para-hydroxylation sites is 2. The van der Waals surface area contributed by atoms with E-state index in [1.165, 1.54) is 24.0 Å². The van der Waals surface area contributed by atoms with Gasteiger partial charge in [-0.05, 0) is 67.5 Å². The second kappa shape index (κ2) is 9.41. The van der Waals surface area contributed by atoms with Crippen molar-refractivity contribution in [3.63, 3.8) is 0 Å². The van der Waals surface area contributed by atoms with Crippen molar-refractivity contribution < 1.29 is 14.3 Å². The standard InChI is InChI=1S/C25H32N2O3/c1-3-23(30-21-13-12-19-8-4-5-9-20(19)18-21)25(28)27-16-14-26(15-17-27)22-10-6-7-11-24(22)29-2/h6-7,10-13,18,23H,3-5,8-9,14-17H2,1-2H3/t23-/m1/s1. The number of rotatable bonds is 6. The second-order valence-corrected chi connectivity index (χ2v) is 8.14. The fourth-order valence-electron chi connectivity index (χ4n) is 4.52. The van der Waals surface area contributed by atoms with Gasteiger partial charge >= 0.3 is 0 Å². The number of carbonyl (C=O) groups excluding carboxylic acids is 1. The molecule has 5 heteroatoms. The molecular formula is C25H32N2O3. The molecule has 5 nitrogen and oxygen atoms in total. The number of nitrogens with zero attached hydrogens (tertiary/aromatic N) is 2. The van der Waals surface area contributed by atoms with E-state index in [4.69, 9.17) is 9.47 Å². The lowest BCUT2D eigenvalue weighted by Crippen LogP contribution is -2.52. The van der Waals surface area contributed by atoms with Crippen LogP contribution < -0.4 is 14.4 Å². The zero-order chi connectivity index (χ0) is 20.9. The zero-order valence-electron chi connectivity index (χ0n) is 18.1. The first-order chi connectivity index (χ1) is 14.7. The smallest absolute Gasteiger partial charge is 0.263 e. The van der Waals surface area contributed by atoms with Crippen molar-refractivity contribution in [3.05, 3.63) is 53.6 Å². The van der Waals surface area contributed by atoms with Crippen LogP contribution in [0.1, 0.15) is 37.3 Å². The molecule has 1 amide bonds. The molecule has 1 fully saturated rings. The molecule has 2 aliphatic rings. The number of ether oxygens (including phenoxy) is 2. The fourth-order valence-corrected chi connectivity index (χ4v) is 4.52. The number of fused-ring (bicyclic) bond motifs is 1. The number of amides is 1. The molecule has 1 heterocycles. The molecule has 0 spiro atoms. The maximum atomic E-state index is 13.1. The predicted octanol–water partition coefficient (Wildman–Crippen LogP) is 4.08. The van der Waals surface area contributed by atoms with Crippen LogP contribution in [-0.4, -0.2) is 50.2 Å². The van der Waals surface area contributed by atoms with E-state index in [0.29, 0.717) is 19.5 Å². The number of hydrogen-bond donors (Lipinski definition) is 0. The molecule has 1 aliphatic heterocycles. The highest BCUT2D eigenvalue weighted by Crippen LogP contribution is 2.29. The Hall–Kier alpha value is -2.69. The van der Waals surface area contributed by atoms with Gasteiger partial charge in [0.2, 0.25) is 0 Å². The van der Waals surface area contributed by atoms with E-state index in [9.17, 15) is 4.79 Å². The summed E-state index contributed by atoms with van der Waals surface area (Å²) in [6.07, 6.45) is 5.02. The molecule has 160 valence electrons. The Morgan fingerprint density at radius 3 is 2.47 bits per heavy atom. The highest BCUT2D eigenvalue weighted by molar-refractivity contribution is 5.81. The topological polar surface area (TPSA) is 42.0 Å². The number of carbonyl (C=O) groups is 1. The number of anilines is 1. The molecule has 2 aromatic carbocycles. The highest BCUT2D eigenvalue weighted by Gasteiger charge is 2.28. The van der Waals surface area contributed by atoms with E-state index < -0.39 is 6.10 Å². The number of piperazine rings is 1. The first-order valence-electron chi connectivity index (χ1n) is 11.1. The van der Waals surface area contributed by atoms with Gasteiger partial charge in [-0.2, -0.15) is 0 Å². The van der Waals surface area contributed by atoms with E-state index in [0.717, 1.165) is 43.1 Å². The van der Waals surface area contributed by atoms with Gasteiger partial charge in [-0.3, -0.25) is 4.79 Å². The van der Waals surface area contributed by atoms with Crippen LogP contribution in [0.2, 0.25) is 0 Å². The van der Waals surface area contributed by atoms with Crippen molar-refractivity contribution in [2.45, 2.75) is 45.1 Å². The van der Waals surface area contributed by atoms with Crippen LogP contribution in [0.5, 0.6) is 11.5 Å². The lowest BCUT2D eigenvalue weighted by Gasteiger charge is -2.37. The van der Waals surface area contributed by atoms with E-state index in [2.05, 4.69) is 23.1 Å². The second-order valence-electron chi connectivity index (χ2n) is 8.14. The summed E-state index contributed by atoms with van der Waals surface area (Å²) in [5.74, 6) is 1.79. The van der Waals surface area contributed by atoms with Gasteiger partial charge < -0.3 is 19.3 Å². The van der Waals surface area contributed by atoms with Crippen molar-refractivity contribution in [1.82, 2.24) is 4.90 Å². The minimum absolute atomic E-state index is 0.0925. The van der Waals surface area contributed by atoms with E-state index in [-0.39, 0.29) is 5.91 Å². The van der Waals surface area contributed by atoms with Crippen molar-refractivity contribution >= 4 is 11.6 Å². The zero-order valence-corrected chi connectivity index (χ0v) is 18.1. The summed E-state index contributed by atoms with van der Waals surface area (Å²) in [5.41, 5.74) is 3.90. The molecule has 0 bridgehead atoms. The first kappa shape index (κ1) is 20.6. The van der Waals surface area contributed by atoms with Gasteiger partial charge in [0.15, 0.2) is 6.10 Å². The third-order valence-electron chi connectivity index (χ3n) is 6.26. The molecule has 30 heavy (non-hydrogen) atoms. The lowest BCUT2D eigenvalue weighted by atomic mass is 9.92. The summed E-state index contributed by atoms with van der Waals surface area (Å²) < 4.78 is 11.7. The third kappa shape index (κ3) is 4.40. The van der Waals surface area contributed by atoms with Crippen molar-refractivity contribution in [3.8, 4) is 11.5 Å². The van der Waals surface area contributed by atoms with Gasteiger partial charge in [0, 0.05) is 26.2 Å². The Balaban J connectivity index is 1.38. The summed E-state index contributed by atoms with van der Waals surface area (Å²) in [4.78, 5) is 17.4. The van der Waals surface area contributed by atoms with Gasteiger partial charge in [-0.15, -0.1) is 0 Å². The van der Waals surface area contributed by atoms with Gasteiger partial charge in [-0.25, -0.2) is 0 Å². The van der Waals surface area contributed by atoms with Gasteiger partial charge in [0.05, 0.1) is 12.8 Å². The molecule has 1 atom stereocenters. The van der Waals surface area contributed by atoms with E-state index in [1.54, 1.807) is 7.11 Å². The normalized spacial score (nSPS) is 17.3. The van der Waals surface area contributed by atoms with Crippen LogP contribution in [0.15, 0.2) is 42.5 Å². The summed E-state index contributed by atoms with van der Waals surface area (Å²) in [6.45, 7) is 5.00. The maximum absolute atomic E-state index is 13.1. The Labute approximate surface area is 179 Å². The number of hydrogen-bond acceptors (Lipinski definition) is 4. The molecule has 4 rings (SSSR count). The largest absolute Gasteiger partial charge is 0.495 e.